The monoisotopic (exact) mass is 393 g/mol. The quantitative estimate of drug-likeness (QED) is 0.677. The lowest BCUT2D eigenvalue weighted by Gasteiger charge is -2.32. The summed E-state index contributed by atoms with van der Waals surface area (Å²) in [5.41, 5.74) is 1.02. The topological polar surface area (TPSA) is 54.5 Å². The van der Waals surface area contributed by atoms with Crippen molar-refractivity contribution < 1.29 is 13.2 Å². The minimum atomic E-state index is -3.34. The summed E-state index contributed by atoms with van der Waals surface area (Å²) in [6.45, 7) is 0.973. The largest absolute Gasteiger partial charge is 0.342 e. The second-order valence-electron chi connectivity index (χ2n) is 7.25. The molecule has 1 saturated heterocycles. The normalized spacial score (nSPS) is 15.6. The Morgan fingerprint density at radius 3 is 2.25 bits per heavy atom. The predicted molar refractivity (Wildman–Crippen MR) is 111 cm³/mol. The summed E-state index contributed by atoms with van der Waals surface area (Å²) in [5.74, 6) is 0.0620. The molecule has 0 saturated carbocycles. The summed E-state index contributed by atoms with van der Waals surface area (Å²) >= 11 is 0. The van der Waals surface area contributed by atoms with E-state index in [1.165, 1.54) is 0 Å². The molecule has 3 aromatic carbocycles. The number of fused-ring (bicyclic) bond motifs is 1. The van der Waals surface area contributed by atoms with E-state index in [1.54, 1.807) is 29.2 Å². The number of hydrogen-bond acceptors (Lipinski definition) is 3. The van der Waals surface area contributed by atoms with E-state index in [0.29, 0.717) is 37.2 Å². The first-order chi connectivity index (χ1) is 13.6. The number of sulfone groups is 1. The van der Waals surface area contributed by atoms with Gasteiger partial charge in [-0.3, -0.25) is 4.79 Å². The molecule has 5 heteroatoms. The molecule has 0 radical (unpaired) electrons. The van der Waals surface area contributed by atoms with Crippen LogP contribution < -0.4 is 0 Å². The lowest BCUT2D eigenvalue weighted by molar-refractivity contribution is -0.131. The van der Waals surface area contributed by atoms with Crippen molar-refractivity contribution in [3.05, 3.63) is 78.4 Å². The molecule has 0 atom stereocenters. The van der Waals surface area contributed by atoms with Crippen LogP contribution in [-0.2, 0) is 21.1 Å². The molecule has 1 fully saturated rings. The minimum Gasteiger partial charge on any atom is -0.342 e. The van der Waals surface area contributed by atoms with Crippen LogP contribution in [0.25, 0.3) is 10.8 Å². The highest BCUT2D eigenvalue weighted by Gasteiger charge is 2.32. The Morgan fingerprint density at radius 1 is 0.857 bits per heavy atom. The SMILES string of the molecule is O=C(Cc1cccc2ccccc12)N1CCC(S(=O)(=O)c2ccccc2)CC1. The van der Waals surface area contributed by atoms with Crippen LogP contribution in [0.3, 0.4) is 0 Å². The van der Waals surface area contributed by atoms with E-state index in [-0.39, 0.29) is 5.91 Å². The van der Waals surface area contributed by atoms with Gasteiger partial charge in [0.25, 0.3) is 0 Å². The van der Waals surface area contributed by atoms with Crippen molar-refractivity contribution in [1.82, 2.24) is 4.90 Å². The van der Waals surface area contributed by atoms with E-state index in [2.05, 4.69) is 0 Å². The first-order valence-electron chi connectivity index (χ1n) is 9.59. The summed E-state index contributed by atoms with van der Waals surface area (Å²) in [7, 11) is -3.34. The van der Waals surface area contributed by atoms with E-state index >= 15 is 0 Å². The van der Waals surface area contributed by atoms with E-state index in [1.807, 2.05) is 48.5 Å². The zero-order chi connectivity index (χ0) is 19.6. The van der Waals surface area contributed by atoms with Gasteiger partial charge in [-0.15, -0.1) is 0 Å². The molecule has 1 aliphatic heterocycles. The first kappa shape index (κ1) is 18.7. The standard InChI is InChI=1S/C23H23NO3S/c25-23(17-19-9-6-8-18-7-4-5-12-22(18)19)24-15-13-21(14-16-24)28(26,27)20-10-2-1-3-11-20/h1-12,21H,13-17H2. The Hall–Kier alpha value is -2.66. The average molecular weight is 394 g/mol. The van der Waals surface area contributed by atoms with Crippen molar-refractivity contribution in [2.24, 2.45) is 0 Å². The fourth-order valence-corrected chi connectivity index (χ4v) is 5.69. The fourth-order valence-electron chi connectivity index (χ4n) is 3.94. The molecule has 4 rings (SSSR count). The highest BCUT2D eigenvalue weighted by Crippen LogP contribution is 2.25. The van der Waals surface area contributed by atoms with Gasteiger partial charge in [-0.25, -0.2) is 8.42 Å². The number of likely N-dealkylation sites (tertiary alicyclic amines) is 1. The van der Waals surface area contributed by atoms with Crippen LogP contribution in [0.4, 0.5) is 0 Å². The summed E-state index contributed by atoms with van der Waals surface area (Å²) in [5, 5.41) is 1.80. The third-order valence-electron chi connectivity index (χ3n) is 5.53. The van der Waals surface area contributed by atoms with Crippen molar-refractivity contribution in [2.45, 2.75) is 29.4 Å². The number of carbonyl (C=O) groups is 1. The van der Waals surface area contributed by atoms with Gasteiger partial charge in [0.2, 0.25) is 5.91 Å². The summed E-state index contributed by atoms with van der Waals surface area (Å²) in [6.07, 6.45) is 1.31. The smallest absolute Gasteiger partial charge is 0.227 e. The molecule has 1 aliphatic rings. The summed E-state index contributed by atoms with van der Waals surface area (Å²) < 4.78 is 25.6. The van der Waals surface area contributed by atoms with Crippen molar-refractivity contribution in [3.8, 4) is 0 Å². The van der Waals surface area contributed by atoms with Gasteiger partial charge in [0.15, 0.2) is 9.84 Å². The van der Waals surface area contributed by atoms with Gasteiger partial charge in [0.1, 0.15) is 0 Å². The molecule has 0 unspecified atom stereocenters. The predicted octanol–water partition coefficient (Wildman–Crippen LogP) is 3.85. The van der Waals surface area contributed by atoms with Gasteiger partial charge in [-0.2, -0.15) is 0 Å². The van der Waals surface area contributed by atoms with Gasteiger partial charge in [0.05, 0.1) is 16.6 Å². The van der Waals surface area contributed by atoms with E-state index in [9.17, 15) is 13.2 Å². The van der Waals surface area contributed by atoms with Gasteiger partial charge in [-0.05, 0) is 41.3 Å². The molecule has 0 spiro atoms. The van der Waals surface area contributed by atoms with Gasteiger partial charge in [-0.1, -0.05) is 60.7 Å². The van der Waals surface area contributed by atoms with Crippen LogP contribution in [0.5, 0.6) is 0 Å². The first-order valence-corrected chi connectivity index (χ1v) is 11.1. The Kier molecular flexibility index (Phi) is 5.18. The van der Waals surface area contributed by atoms with Gasteiger partial charge >= 0.3 is 0 Å². The van der Waals surface area contributed by atoms with Gasteiger partial charge < -0.3 is 4.90 Å². The number of rotatable bonds is 4. The molecule has 28 heavy (non-hydrogen) atoms. The third kappa shape index (κ3) is 3.67. The second-order valence-corrected chi connectivity index (χ2v) is 9.48. The number of carbonyl (C=O) groups excluding carboxylic acids is 1. The Balaban J connectivity index is 1.43. The third-order valence-corrected chi connectivity index (χ3v) is 7.81. The molecular formula is C23H23NO3S. The van der Waals surface area contributed by atoms with Crippen LogP contribution in [0.1, 0.15) is 18.4 Å². The van der Waals surface area contributed by atoms with Crippen LogP contribution in [-0.4, -0.2) is 37.6 Å². The van der Waals surface area contributed by atoms with Crippen molar-refractivity contribution in [2.75, 3.05) is 13.1 Å². The second kappa shape index (κ2) is 7.76. The fraction of sp³-hybridized carbons (Fsp3) is 0.261. The lowest BCUT2D eigenvalue weighted by Crippen LogP contribution is -2.43. The summed E-state index contributed by atoms with van der Waals surface area (Å²) in [4.78, 5) is 15.0. The molecular weight excluding hydrogens is 370 g/mol. The maximum atomic E-state index is 12.8. The molecule has 1 heterocycles. The number of amides is 1. The molecule has 0 bridgehead atoms. The van der Waals surface area contributed by atoms with Crippen LogP contribution in [0.2, 0.25) is 0 Å². The molecule has 3 aromatic rings. The highest BCUT2D eigenvalue weighted by molar-refractivity contribution is 7.92. The zero-order valence-electron chi connectivity index (χ0n) is 15.6. The van der Waals surface area contributed by atoms with Crippen molar-refractivity contribution >= 4 is 26.5 Å². The van der Waals surface area contributed by atoms with Crippen LogP contribution in [0, 0.1) is 0 Å². The molecule has 4 nitrogen and oxygen atoms in total. The van der Waals surface area contributed by atoms with E-state index < -0.39 is 15.1 Å². The van der Waals surface area contributed by atoms with Gasteiger partial charge in [0, 0.05) is 13.1 Å². The van der Waals surface area contributed by atoms with Crippen molar-refractivity contribution in [1.29, 1.82) is 0 Å². The highest BCUT2D eigenvalue weighted by atomic mass is 32.2. The lowest BCUT2D eigenvalue weighted by atomic mass is 10.0. The van der Waals surface area contributed by atoms with Crippen molar-refractivity contribution in [3.63, 3.8) is 0 Å². The number of hydrogen-bond donors (Lipinski definition) is 0. The van der Waals surface area contributed by atoms with Crippen LogP contribution in [0.15, 0.2) is 77.7 Å². The maximum Gasteiger partial charge on any atom is 0.227 e. The average Bonchev–Trinajstić information content (AvgIpc) is 2.75. The minimum absolute atomic E-state index is 0.0620. The molecule has 0 aromatic heterocycles. The maximum absolute atomic E-state index is 12.8. The molecule has 1 amide bonds. The number of benzene rings is 3. The summed E-state index contributed by atoms with van der Waals surface area (Å²) in [6, 6.07) is 22.7. The van der Waals surface area contributed by atoms with E-state index in [0.717, 1.165) is 16.3 Å². The zero-order valence-corrected chi connectivity index (χ0v) is 16.4. The molecule has 0 N–H and O–H groups in total. The Bertz CT molecular complexity index is 1080. The Morgan fingerprint density at radius 2 is 1.50 bits per heavy atom. The molecule has 144 valence electrons. The Labute approximate surface area is 165 Å². The van der Waals surface area contributed by atoms with E-state index in [4.69, 9.17) is 0 Å². The van der Waals surface area contributed by atoms with Crippen LogP contribution >= 0.6 is 0 Å². The molecule has 0 aliphatic carbocycles. The number of nitrogens with zero attached hydrogens (tertiary/aromatic N) is 1. The number of piperidine rings is 1.